The van der Waals surface area contributed by atoms with E-state index in [9.17, 15) is 14.6 Å². The summed E-state index contributed by atoms with van der Waals surface area (Å²) in [4.78, 5) is 0. The van der Waals surface area contributed by atoms with Crippen LogP contribution in [-0.4, -0.2) is 22.9 Å². The fourth-order valence-corrected chi connectivity index (χ4v) is 2.04. The standard InChI is InChI=1S/C10H12Cl2FNO2/c11-6-3-5(13)4-7(12)9(6)10(16)8(15)1-2-14/h3-4,8,10,15-16H,1-2,14H2. The Morgan fingerprint density at radius 1 is 1.25 bits per heavy atom. The molecular formula is C10H12Cl2FNO2. The summed E-state index contributed by atoms with van der Waals surface area (Å²) in [5.74, 6) is -0.598. The number of rotatable bonds is 4. The van der Waals surface area contributed by atoms with Crippen LogP contribution in [-0.2, 0) is 0 Å². The van der Waals surface area contributed by atoms with Crippen molar-refractivity contribution in [3.05, 3.63) is 33.6 Å². The van der Waals surface area contributed by atoms with Crippen LogP contribution in [0.2, 0.25) is 10.0 Å². The molecule has 0 amide bonds. The van der Waals surface area contributed by atoms with Gasteiger partial charge in [-0.3, -0.25) is 0 Å². The molecule has 0 aliphatic carbocycles. The molecule has 0 fully saturated rings. The van der Waals surface area contributed by atoms with Crippen molar-refractivity contribution in [2.24, 2.45) is 5.73 Å². The van der Waals surface area contributed by atoms with Crippen LogP contribution in [0.4, 0.5) is 4.39 Å². The zero-order valence-corrected chi connectivity index (χ0v) is 9.84. The van der Waals surface area contributed by atoms with Crippen LogP contribution in [0, 0.1) is 5.82 Å². The van der Waals surface area contributed by atoms with E-state index in [1.807, 2.05) is 0 Å². The number of aliphatic hydroxyl groups excluding tert-OH is 2. The maximum atomic E-state index is 12.9. The van der Waals surface area contributed by atoms with E-state index in [1.165, 1.54) is 0 Å². The van der Waals surface area contributed by atoms with Crippen molar-refractivity contribution in [2.45, 2.75) is 18.6 Å². The SMILES string of the molecule is NCCC(O)C(O)c1c(Cl)cc(F)cc1Cl. The molecule has 0 bridgehead atoms. The lowest BCUT2D eigenvalue weighted by Crippen LogP contribution is -2.22. The third kappa shape index (κ3) is 3.06. The molecule has 2 unspecified atom stereocenters. The van der Waals surface area contributed by atoms with Gasteiger partial charge in [-0.2, -0.15) is 0 Å². The topological polar surface area (TPSA) is 66.5 Å². The van der Waals surface area contributed by atoms with E-state index in [1.54, 1.807) is 0 Å². The molecule has 90 valence electrons. The molecule has 16 heavy (non-hydrogen) atoms. The van der Waals surface area contributed by atoms with Crippen molar-refractivity contribution in [3.63, 3.8) is 0 Å². The lowest BCUT2D eigenvalue weighted by Gasteiger charge is -2.19. The second kappa shape index (κ2) is 5.80. The molecule has 1 aromatic rings. The molecule has 4 N–H and O–H groups in total. The van der Waals surface area contributed by atoms with E-state index < -0.39 is 18.0 Å². The molecule has 0 aromatic heterocycles. The summed E-state index contributed by atoms with van der Waals surface area (Å²) < 4.78 is 12.9. The van der Waals surface area contributed by atoms with Crippen molar-refractivity contribution in [3.8, 4) is 0 Å². The minimum atomic E-state index is -1.27. The molecule has 0 spiro atoms. The number of halogens is 3. The molecular weight excluding hydrogens is 256 g/mol. The predicted molar refractivity (Wildman–Crippen MR) is 61.1 cm³/mol. The minimum Gasteiger partial charge on any atom is -0.390 e. The molecule has 0 saturated heterocycles. The second-order valence-electron chi connectivity index (χ2n) is 3.37. The Bertz CT molecular complexity index is 353. The third-order valence-corrected chi connectivity index (χ3v) is 2.79. The zero-order valence-electron chi connectivity index (χ0n) is 8.33. The van der Waals surface area contributed by atoms with Gasteiger partial charge in [-0.15, -0.1) is 0 Å². The van der Waals surface area contributed by atoms with Crippen molar-refractivity contribution in [2.75, 3.05) is 6.54 Å². The van der Waals surface area contributed by atoms with Crippen LogP contribution < -0.4 is 5.73 Å². The monoisotopic (exact) mass is 267 g/mol. The van der Waals surface area contributed by atoms with Gasteiger partial charge in [0.05, 0.1) is 16.1 Å². The number of hydrogen-bond acceptors (Lipinski definition) is 3. The van der Waals surface area contributed by atoms with Gasteiger partial charge in [0.15, 0.2) is 0 Å². The Balaban J connectivity index is 3.03. The molecule has 6 heteroatoms. The molecule has 1 aromatic carbocycles. The number of aliphatic hydroxyl groups is 2. The molecule has 0 saturated carbocycles. The fourth-order valence-electron chi connectivity index (χ4n) is 1.36. The maximum absolute atomic E-state index is 12.9. The van der Waals surface area contributed by atoms with Crippen LogP contribution in [0.1, 0.15) is 18.1 Å². The van der Waals surface area contributed by atoms with Gasteiger partial charge in [-0.25, -0.2) is 4.39 Å². The van der Waals surface area contributed by atoms with Crippen molar-refractivity contribution >= 4 is 23.2 Å². The average Bonchev–Trinajstić information content (AvgIpc) is 2.16. The lowest BCUT2D eigenvalue weighted by atomic mass is 10.0. The second-order valence-corrected chi connectivity index (χ2v) is 4.19. The molecule has 3 nitrogen and oxygen atoms in total. The van der Waals surface area contributed by atoms with Gasteiger partial charge in [0.2, 0.25) is 0 Å². The van der Waals surface area contributed by atoms with Crippen LogP contribution >= 0.6 is 23.2 Å². The summed E-state index contributed by atoms with van der Waals surface area (Å²) in [5, 5.41) is 19.3. The number of benzene rings is 1. The van der Waals surface area contributed by atoms with Crippen molar-refractivity contribution < 1.29 is 14.6 Å². The van der Waals surface area contributed by atoms with E-state index in [-0.39, 0.29) is 28.6 Å². The molecule has 0 radical (unpaired) electrons. The van der Waals surface area contributed by atoms with Crippen molar-refractivity contribution in [1.29, 1.82) is 0 Å². The molecule has 0 heterocycles. The average molecular weight is 268 g/mol. The van der Waals surface area contributed by atoms with Crippen LogP contribution in [0.25, 0.3) is 0 Å². The first-order chi connectivity index (χ1) is 7.47. The Hall–Kier alpha value is -0.390. The van der Waals surface area contributed by atoms with E-state index in [0.717, 1.165) is 12.1 Å². The van der Waals surface area contributed by atoms with Gasteiger partial charge in [-0.05, 0) is 25.1 Å². The highest BCUT2D eigenvalue weighted by Gasteiger charge is 2.23. The van der Waals surface area contributed by atoms with Crippen LogP contribution in [0.15, 0.2) is 12.1 Å². The quantitative estimate of drug-likeness (QED) is 0.781. The fraction of sp³-hybridized carbons (Fsp3) is 0.400. The first-order valence-corrected chi connectivity index (χ1v) is 5.43. The Morgan fingerprint density at radius 2 is 1.75 bits per heavy atom. The molecule has 1 rings (SSSR count). The summed E-state index contributed by atoms with van der Waals surface area (Å²) in [6.07, 6.45) is -2.15. The highest BCUT2D eigenvalue weighted by Crippen LogP contribution is 2.33. The summed E-state index contributed by atoms with van der Waals surface area (Å²) in [7, 11) is 0. The maximum Gasteiger partial charge on any atom is 0.126 e. The van der Waals surface area contributed by atoms with Gasteiger partial charge in [-0.1, -0.05) is 23.2 Å². The Kier molecular flexibility index (Phi) is 4.95. The van der Waals surface area contributed by atoms with Crippen molar-refractivity contribution in [1.82, 2.24) is 0 Å². The molecule has 0 aliphatic rings. The largest absolute Gasteiger partial charge is 0.390 e. The Labute approximate surface area is 103 Å². The smallest absolute Gasteiger partial charge is 0.126 e. The third-order valence-electron chi connectivity index (χ3n) is 2.17. The molecule has 2 atom stereocenters. The van der Waals surface area contributed by atoms with Gasteiger partial charge in [0.25, 0.3) is 0 Å². The van der Waals surface area contributed by atoms with Gasteiger partial charge in [0.1, 0.15) is 11.9 Å². The predicted octanol–water partition coefficient (Wildman–Crippen LogP) is 1.88. The van der Waals surface area contributed by atoms with Crippen LogP contribution in [0.3, 0.4) is 0 Å². The first-order valence-electron chi connectivity index (χ1n) is 4.68. The minimum absolute atomic E-state index is 0.0198. The van der Waals surface area contributed by atoms with E-state index in [2.05, 4.69) is 0 Å². The van der Waals surface area contributed by atoms with Gasteiger partial charge < -0.3 is 15.9 Å². The highest BCUT2D eigenvalue weighted by molar-refractivity contribution is 6.36. The van der Waals surface area contributed by atoms with Crippen LogP contribution in [0.5, 0.6) is 0 Å². The highest BCUT2D eigenvalue weighted by atomic mass is 35.5. The summed E-state index contributed by atoms with van der Waals surface area (Å²) in [6.45, 7) is 0.217. The van der Waals surface area contributed by atoms with E-state index in [0.29, 0.717) is 0 Å². The van der Waals surface area contributed by atoms with Gasteiger partial charge in [0, 0.05) is 5.56 Å². The van der Waals surface area contributed by atoms with E-state index >= 15 is 0 Å². The van der Waals surface area contributed by atoms with E-state index in [4.69, 9.17) is 28.9 Å². The summed E-state index contributed by atoms with van der Waals surface area (Å²) >= 11 is 11.5. The Morgan fingerprint density at radius 3 is 2.19 bits per heavy atom. The summed E-state index contributed by atoms with van der Waals surface area (Å²) in [5.41, 5.74) is 5.36. The first kappa shape index (κ1) is 13.7. The normalized spacial score (nSPS) is 14.9. The van der Waals surface area contributed by atoms with Gasteiger partial charge >= 0.3 is 0 Å². The lowest BCUT2D eigenvalue weighted by molar-refractivity contribution is 0.0151. The number of hydrogen-bond donors (Lipinski definition) is 3. The summed E-state index contributed by atoms with van der Waals surface area (Å²) in [6, 6.07) is 2.06. The zero-order chi connectivity index (χ0) is 12.3. The molecule has 0 aliphatic heterocycles. The number of nitrogens with two attached hydrogens (primary N) is 1.